The van der Waals surface area contributed by atoms with E-state index in [9.17, 15) is 13.2 Å². The summed E-state index contributed by atoms with van der Waals surface area (Å²) in [7, 11) is 1.72. The molecule has 0 aliphatic rings. The van der Waals surface area contributed by atoms with E-state index in [0.717, 1.165) is 23.9 Å². The van der Waals surface area contributed by atoms with Crippen molar-refractivity contribution >= 4 is 11.6 Å². The summed E-state index contributed by atoms with van der Waals surface area (Å²) in [5, 5.41) is 0. The van der Waals surface area contributed by atoms with Gasteiger partial charge in [-0.15, -0.1) is 0 Å². The lowest BCUT2D eigenvalue weighted by molar-refractivity contribution is -0.139. The fourth-order valence-electron chi connectivity index (χ4n) is 2.27. The molecule has 0 unspecified atom stereocenters. The maximum absolute atomic E-state index is 13.1. The fourth-order valence-corrected chi connectivity index (χ4v) is 2.27. The molecule has 0 radical (unpaired) electrons. The van der Waals surface area contributed by atoms with Crippen molar-refractivity contribution in [3.63, 3.8) is 0 Å². The zero-order valence-corrected chi connectivity index (χ0v) is 14.1. The van der Waals surface area contributed by atoms with Gasteiger partial charge in [-0.2, -0.15) is 18.2 Å². The van der Waals surface area contributed by atoms with Crippen molar-refractivity contribution in [1.82, 2.24) is 9.97 Å². The number of halogens is 3. The molecule has 0 bridgehead atoms. The molecule has 7 heteroatoms. The first-order valence-corrected chi connectivity index (χ1v) is 7.66. The largest absolute Gasteiger partial charge is 0.474 e. The minimum atomic E-state index is -4.57. The number of hydrogen-bond acceptors (Lipinski definition) is 4. The minimum Gasteiger partial charge on any atom is -0.474 e. The molecule has 1 aromatic heterocycles. The Hall–Kier alpha value is -2.31. The molecule has 0 amide bonds. The second-order valence-corrected chi connectivity index (χ2v) is 5.59. The normalized spacial score (nSPS) is 11.7. The van der Waals surface area contributed by atoms with E-state index < -0.39 is 23.7 Å². The van der Waals surface area contributed by atoms with Crippen molar-refractivity contribution in [1.29, 1.82) is 0 Å². The molecule has 0 aliphatic heterocycles. The average Bonchev–Trinajstić information content (AvgIpc) is 2.52. The maximum atomic E-state index is 13.1. The van der Waals surface area contributed by atoms with Crippen LogP contribution >= 0.6 is 0 Å². The standard InChI is InChI=1S/C17H20F3N3O/c1-5-12-8-6-7-9-14(12)23(4)16-21-10-13(17(18,19)20)15(22-16)24-11(2)3/h6-11H,5H2,1-4H3. The van der Waals surface area contributed by atoms with E-state index in [1.54, 1.807) is 25.8 Å². The summed E-state index contributed by atoms with van der Waals surface area (Å²) in [6.07, 6.45) is -3.44. The fraction of sp³-hybridized carbons (Fsp3) is 0.412. The quantitative estimate of drug-likeness (QED) is 0.797. The first-order valence-electron chi connectivity index (χ1n) is 7.66. The molecule has 1 heterocycles. The summed E-state index contributed by atoms with van der Waals surface area (Å²) in [6, 6.07) is 7.61. The van der Waals surface area contributed by atoms with Gasteiger partial charge in [0, 0.05) is 18.9 Å². The number of rotatable bonds is 5. The van der Waals surface area contributed by atoms with Crippen LogP contribution in [0.5, 0.6) is 5.88 Å². The number of alkyl halides is 3. The predicted molar refractivity (Wildman–Crippen MR) is 86.7 cm³/mol. The lowest BCUT2D eigenvalue weighted by atomic mass is 10.1. The molecule has 0 fully saturated rings. The van der Waals surface area contributed by atoms with Crippen molar-refractivity contribution in [3.05, 3.63) is 41.6 Å². The van der Waals surface area contributed by atoms with Crippen LogP contribution in [0.1, 0.15) is 31.9 Å². The molecule has 2 rings (SSSR count). The molecule has 0 aliphatic carbocycles. The Morgan fingerprint density at radius 2 is 1.88 bits per heavy atom. The number of aromatic nitrogens is 2. The van der Waals surface area contributed by atoms with Crippen LogP contribution in [-0.4, -0.2) is 23.1 Å². The molecule has 1 aromatic carbocycles. The maximum Gasteiger partial charge on any atom is 0.423 e. The van der Waals surface area contributed by atoms with Gasteiger partial charge >= 0.3 is 6.18 Å². The Kier molecular flexibility index (Phi) is 5.31. The van der Waals surface area contributed by atoms with E-state index >= 15 is 0 Å². The number of benzene rings is 1. The second-order valence-electron chi connectivity index (χ2n) is 5.59. The van der Waals surface area contributed by atoms with E-state index in [-0.39, 0.29) is 5.95 Å². The van der Waals surface area contributed by atoms with Gasteiger partial charge in [-0.1, -0.05) is 25.1 Å². The van der Waals surface area contributed by atoms with Gasteiger partial charge in [-0.25, -0.2) is 4.98 Å². The highest BCUT2D eigenvalue weighted by molar-refractivity contribution is 5.61. The molecule has 0 atom stereocenters. The SMILES string of the molecule is CCc1ccccc1N(C)c1ncc(C(F)(F)F)c(OC(C)C)n1. The number of nitrogens with zero attached hydrogens (tertiary/aromatic N) is 3. The predicted octanol–water partition coefficient (Wildman–Crippen LogP) is 4.61. The van der Waals surface area contributed by atoms with Gasteiger partial charge in [0.1, 0.15) is 5.56 Å². The number of aryl methyl sites for hydroxylation is 1. The number of para-hydroxylation sites is 1. The Morgan fingerprint density at radius 3 is 2.46 bits per heavy atom. The Bertz CT molecular complexity index is 702. The molecule has 0 saturated heterocycles. The van der Waals surface area contributed by atoms with Crippen LogP contribution in [0.4, 0.5) is 24.8 Å². The van der Waals surface area contributed by atoms with Crippen LogP contribution in [0.3, 0.4) is 0 Å². The second kappa shape index (κ2) is 7.07. The lowest BCUT2D eigenvalue weighted by Gasteiger charge is -2.22. The highest BCUT2D eigenvalue weighted by Crippen LogP contribution is 2.36. The van der Waals surface area contributed by atoms with Crippen LogP contribution in [0.2, 0.25) is 0 Å². The zero-order chi connectivity index (χ0) is 17.9. The Balaban J connectivity index is 2.47. The summed E-state index contributed by atoms with van der Waals surface area (Å²) in [5.74, 6) is -0.303. The Morgan fingerprint density at radius 1 is 1.21 bits per heavy atom. The van der Waals surface area contributed by atoms with Crippen molar-refractivity contribution in [2.45, 2.75) is 39.5 Å². The minimum absolute atomic E-state index is 0.152. The summed E-state index contributed by atoms with van der Waals surface area (Å²) in [6.45, 7) is 5.31. The van der Waals surface area contributed by atoms with E-state index in [4.69, 9.17) is 4.74 Å². The molecule has 2 aromatic rings. The molecule has 0 saturated carbocycles. The number of anilines is 2. The van der Waals surface area contributed by atoms with E-state index in [1.807, 2.05) is 31.2 Å². The average molecular weight is 339 g/mol. The van der Waals surface area contributed by atoms with E-state index in [0.29, 0.717) is 0 Å². The van der Waals surface area contributed by atoms with Gasteiger partial charge in [-0.3, -0.25) is 0 Å². The molecular weight excluding hydrogens is 319 g/mol. The lowest BCUT2D eigenvalue weighted by Crippen LogP contribution is -2.19. The zero-order valence-electron chi connectivity index (χ0n) is 14.1. The monoisotopic (exact) mass is 339 g/mol. The van der Waals surface area contributed by atoms with E-state index in [2.05, 4.69) is 9.97 Å². The van der Waals surface area contributed by atoms with Gasteiger partial charge < -0.3 is 9.64 Å². The first kappa shape index (κ1) is 18.0. The molecule has 24 heavy (non-hydrogen) atoms. The van der Waals surface area contributed by atoms with Crippen molar-refractivity contribution in [2.75, 3.05) is 11.9 Å². The van der Waals surface area contributed by atoms with Gasteiger partial charge in [0.2, 0.25) is 11.8 Å². The Labute approximate surface area is 139 Å². The van der Waals surface area contributed by atoms with Gasteiger partial charge in [0.05, 0.1) is 6.10 Å². The number of hydrogen-bond donors (Lipinski definition) is 0. The summed E-state index contributed by atoms with van der Waals surface area (Å²) < 4.78 is 44.6. The molecule has 4 nitrogen and oxygen atoms in total. The third-order valence-electron chi connectivity index (χ3n) is 3.43. The first-order chi connectivity index (χ1) is 11.2. The molecule has 0 N–H and O–H groups in total. The molecule has 130 valence electrons. The van der Waals surface area contributed by atoms with Gasteiger partial charge in [0.25, 0.3) is 0 Å². The summed E-state index contributed by atoms with van der Waals surface area (Å²) in [4.78, 5) is 9.54. The van der Waals surface area contributed by atoms with Crippen LogP contribution in [0.25, 0.3) is 0 Å². The van der Waals surface area contributed by atoms with Crippen LogP contribution in [0, 0.1) is 0 Å². The van der Waals surface area contributed by atoms with Crippen molar-refractivity contribution in [3.8, 4) is 5.88 Å². The van der Waals surface area contributed by atoms with Crippen LogP contribution in [0.15, 0.2) is 30.5 Å². The smallest absolute Gasteiger partial charge is 0.423 e. The van der Waals surface area contributed by atoms with Gasteiger partial charge in [-0.05, 0) is 31.9 Å². The number of ether oxygens (including phenoxy) is 1. The van der Waals surface area contributed by atoms with E-state index in [1.165, 1.54) is 0 Å². The van der Waals surface area contributed by atoms with Gasteiger partial charge in [0.15, 0.2) is 0 Å². The third kappa shape index (κ3) is 3.96. The third-order valence-corrected chi connectivity index (χ3v) is 3.43. The van der Waals surface area contributed by atoms with Crippen LogP contribution < -0.4 is 9.64 Å². The van der Waals surface area contributed by atoms with Crippen LogP contribution in [-0.2, 0) is 12.6 Å². The molecular formula is C17H20F3N3O. The summed E-state index contributed by atoms with van der Waals surface area (Å²) >= 11 is 0. The van der Waals surface area contributed by atoms with Crippen molar-refractivity contribution in [2.24, 2.45) is 0 Å². The topological polar surface area (TPSA) is 38.2 Å². The molecule has 0 spiro atoms. The highest BCUT2D eigenvalue weighted by Gasteiger charge is 2.36. The summed E-state index contributed by atoms with van der Waals surface area (Å²) in [5.41, 5.74) is 0.919. The highest BCUT2D eigenvalue weighted by atomic mass is 19.4. The van der Waals surface area contributed by atoms with Crippen molar-refractivity contribution < 1.29 is 17.9 Å².